The molecular formula is C16H26N2. The zero-order valence-electron chi connectivity index (χ0n) is 11.9. The number of benzene rings is 1. The van der Waals surface area contributed by atoms with Gasteiger partial charge in [-0.25, -0.2) is 0 Å². The molecule has 0 saturated carbocycles. The molecule has 1 fully saturated rings. The lowest BCUT2D eigenvalue weighted by molar-refractivity contribution is 0.302. The van der Waals surface area contributed by atoms with Crippen LogP contribution in [0, 0.1) is 19.8 Å². The van der Waals surface area contributed by atoms with Gasteiger partial charge in [0.1, 0.15) is 0 Å². The molecule has 2 nitrogen and oxygen atoms in total. The third-order valence-corrected chi connectivity index (χ3v) is 4.07. The van der Waals surface area contributed by atoms with Crippen LogP contribution in [0.1, 0.15) is 42.5 Å². The summed E-state index contributed by atoms with van der Waals surface area (Å²) in [5.41, 5.74) is 10.3. The van der Waals surface area contributed by atoms with Crippen molar-refractivity contribution in [2.45, 2.75) is 39.7 Å². The normalized spacial score (nSPS) is 22.3. The largest absolute Gasteiger partial charge is 0.323 e. The molecule has 1 heterocycles. The lowest BCUT2D eigenvalue weighted by Crippen LogP contribution is -2.30. The van der Waals surface area contributed by atoms with Gasteiger partial charge in [0.25, 0.3) is 0 Å². The Balaban J connectivity index is 1.97. The minimum atomic E-state index is 0.152. The van der Waals surface area contributed by atoms with E-state index < -0.39 is 0 Å². The first-order chi connectivity index (χ1) is 8.58. The van der Waals surface area contributed by atoms with E-state index in [9.17, 15) is 0 Å². The van der Waals surface area contributed by atoms with Crippen LogP contribution in [0.2, 0.25) is 0 Å². The Bertz CT molecular complexity index is 380. The summed E-state index contributed by atoms with van der Waals surface area (Å²) >= 11 is 0. The summed E-state index contributed by atoms with van der Waals surface area (Å²) in [5, 5.41) is 0. The molecule has 1 saturated heterocycles. The summed E-state index contributed by atoms with van der Waals surface area (Å²) in [6.45, 7) is 10.0. The summed E-state index contributed by atoms with van der Waals surface area (Å²) in [6, 6.07) is 6.81. The zero-order chi connectivity index (χ0) is 13.1. The fourth-order valence-corrected chi connectivity index (χ4v) is 3.02. The number of nitrogens with two attached hydrogens (primary N) is 1. The number of rotatable bonds is 4. The molecule has 1 aromatic carbocycles. The van der Waals surface area contributed by atoms with Crippen LogP contribution in [0.15, 0.2) is 18.2 Å². The predicted molar refractivity (Wildman–Crippen MR) is 77.7 cm³/mol. The van der Waals surface area contributed by atoms with Crippen LogP contribution in [0.3, 0.4) is 0 Å². The average molecular weight is 246 g/mol. The molecule has 1 aliphatic heterocycles. The van der Waals surface area contributed by atoms with Crippen LogP contribution < -0.4 is 5.73 Å². The third kappa shape index (κ3) is 3.33. The quantitative estimate of drug-likeness (QED) is 0.885. The third-order valence-electron chi connectivity index (χ3n) is 4.07. The molecule has 18 heavy (non-hydrogen) atoms. The molecule has 2 rings (SSSR count). The molecule has 0 radical (unpaired) electrons. The SMILES string of the molecule is CCC1CCN(CC(N)c2cc(C)cc(C)c2)C1. The molecule has 2 N–H and O–H groups in total. The Kier molecular flexibility index (Phi) is 4.41. The second kappa shape index (κ2) is 5.85. The Morgan fingerprint density at radius 2 is 1.94 bits per heavy atom. The summed E-state index contributed by atoms with van der Waals surface area (Å²) < 4.78 is 0. The Hall–Kier alpha value is -0.860. The fraction of sp³-hybridized carbons (Fsp3) is 0.625. The van der Waals surface area contributed by atoms with Gasteiger partial charge in [0, 0.05) is 19.1 Å². The van der Waals surface area contributed by atoms with Crippen LogP contribution >= 0.6 is 0 Å². The van der Waals surface area contributed by atoms with Crippen LogP contribution in [0.5, 0.6) is 0 Å². The monoisotopic (exact) mass is 246 g/mol. The molecular weight excluding hydrogens is 220 g/mol. The van der Waals surface area contributed by atoms with Crippen LogP contribution in [0.25, 0.3) is 0 Å². The first kappa shape index (κ1) is 13.6. The minimum Gasteiger partial charge on any atom is -0.323 e. The topological polar surface area (TPSA) is 29.3 Å². The molecule has 0 aliphatic carbocycles. The highest BCUT2D eigenvalue weighted by atomic mass is 15.2. The average Bonchev–Trinajstić information content (AvgIpc) is 2.75. The number of hydrogen-bond donors (Lipinski definition) is 1. The summed E-state index contributed by atoms with van der Waals surface area (Å²) in [6.07, 6.45) is 2.64. The maximum Gasteiger partial charge on any atom is 0.0424 e. The standard InChI is InChI=1S/C16H26N2/c1-4-14-5-6-18(10-14)11-16(17)15-8-12(2)7-13(3)9-15/h7-9,14,16H,4-6,10-11,17H2,1-3H3. The zero-order valence-corrected chi connectivity index (χ0v) is 11.9. The van der Waals surface area contributed by atoms with E-state index >= 15 is 0 Å². The van der Waals surface area contributed by atoms with E-state index in [4.69, 9.17) is 5.73 Å². The van der Waals surface area contributed by atoms with Gasteiger partial charge < -0.3 is 10.6 Å². The van der Waals surface area contributed by atoms with Crippen LogP contribution in [0.4, 0.5) is 0 Å². The van der Waals surface area contributed by atoms with Crippen LogP contribution in [-0.2, 0) is 0 Å². The predicted octanol–water partition coefficient (Wildman–Crippen LogP) is 3.04. The first-order valence-electron chi connectivity index (χ1n) is 7.14. The molecule has 1 aromatic rings. The summed E-state index contributed by atoms with van der Waals surface area (Å²) in [7, 11) is 0. The minimum absolute atomic E-state index is 0.152. The van der Waals surface area contributed by atoms with Crippen molar-refractivity contribution in [1.29, 1.82) is 0 Å². The Morgan fingerprint density at radius 1 is 1.28 bits per heavy atom. The van der Waals surface area contributed by atoms with Crippen molar-refractivity contribution in [2.75, 3.05) is 19.6 Å². The summed E-state index contributed by atoms with van der Waals surface area (Å²) in [4.78, 5) is 2.52. The van der Waals surface area contributed by atoms with Gasteiger partial charge in [0.15, 0.2) is 0 Å². The van der Waals surface area contributed by atoms with Crippen LogP contribution in [-0.4, -0.2) is 24.5 Å². The van der Waals surface area contributed by atoms with E-state index in [1.807, 2.05) is 0 Å². The van der Waals surface area contributed by atoms with E-state index in [1.165, 1.54) is 42.6 Å². The second-order valence-corrected chi connectivity index (χ2v) is 5.85. The van der Waals surface area contributed by atoms with Gasteiger partial charge in [-0.05, 0) is 38.3 Å². The van der Waals surface area contributed by atoms with Gasteiger partial charge >= 0.3 is 0 Å². The van der Waals surface area contributed by atoms with Crippen molar-refractivity contribution < 1.29 is 0 Å². The molecule has 1 aliphatic rings. The summed E-state index contributed by atoms with van der Waals surface area (Å²) in [5.74, 6) is 0.886. The lowest BCUT2D eigenvalue weighted by Gasteiger charge is -2.21. The van der Waals surface area contributed by atoms with Gasteiger partial charge in [-0.15, -0.1) is 0 Å². The van der Waals surface area contributed by atoms with Crippen molar-refractivity contribution >= 4 is 0 Å². The van der Waals surface area contributed by atoms with Crippen molar-refractivity contribution in [3.63, 3.8) is 0 Å². The van der Waals surface area contributed by atoms with Gasteiger partial charge in [-0.1, -0.05) is 42.7 Å². The van der Waals surface area contributed by atoms with E-state index in [-0.39, 0.29) is 6.04 Å². The number of hydrogen-bond acceptors (Lipinski definition) is 2. The molecule has 0 amide bonds. The van der Waals surface area contributed by atoms with Gasteiger partial charge in [0.2, 0.25) is 0 Å². The lowest BCUT2D eigenvalue weighted by atomic mass is 10.0. The highest BCUT2D eigenvalue weighted by Gasteiger charge is 2.22. The Morgan fingerprint density at radius 3 is 2.50 bits per heavy atom. The van der Waals surface area contributed by atoms with Gasteiger partial charge in [-0.2, -0.15) is 0 Å². The van der Waals surface area contributed by atoms with E-state index in [0.29, 0.717) is 0 Å². The Labute approximate surface area is 111 Å². The highest BCUT2D eigenvalue weighted by molar-refractivity contribution is 5.30. The van der Waals surface area contributed by atoms with Gasteiger partial charge in [-0.3, -0.25) is 0 Å². The maximum atomic E-state index is 6.36. The van der Waals surface area contributed by atoms with Crippen molar-refractivity contribution in [1.82, 2.24) is 4.90 Å². The molecule has 0 bridgehead atoms. The van der Waals surface area contributed by atoms with E-state index in [1.54, 1.807) is 0 Å². The molecule has 100 valence electrons. The number of aryl methyl sites for hydroxylation is 2. The molecule has 0 spiro atoms. The van der Waals surface area contributed by atoms with Crippen molar-refractivity contribution in [3.05, 3.63) is 34.9 Å². The van der Waals surface area contributed by atoms with E-state index in [2.05, 4.69) is 43.9 Å². The maximum absolute atomic E-state index is 6.36. The molecule has 2 unspecified atom stereocenters. The first-order valence-corrected chi connectivity index (χ1v) is 7.14. The smallest absolute Gasteiger partial charge is 0.0424 e. The van der Waals surface area contributed by atoms with Crippen molar-refractivity contribution in [3.8, 4) is 0 Å². The number of nitrogens with zero attached hydrogens (tertiary/aromatic N) is 1. The van der Waals surface area contributed by atoms with Gasteiger partial charge in [0.05, 0.1) is 0 Å². The molecule has 2 atom stereocenters. The van der Waals surface area contributed by atoms with E-state index in [0.717, 1.165) is 12.5 Å². The fourth-order valence-electron chi connectivity index (χ4n) is 3.02. The number of likely N-dealkylation sites (tertiary alicyclic amines) is 1. The molecule has 2 heteroatoms. The molecule has 0 aromatic heterocycles. The second-order valence-electron chi connectivity index (χ2n) is 5.85. The highest BCUT2D eigenvalue weighted by Crippen LogP contribution is 2.22. The van der Waals surface area contributed by atoms with Crippen molar-refractivity contribution in [2.24, 2.45) is 11.7 Å².